The predicted molar refractivity (Wildman–Crippen MR) is 228 cm³/mol. The van der Waals surface area contributed by atoms with Crippen LogP contribution in [0.2, 0.25) is 0 Å². The number of benzene rings is 9. The van der Waals surface area contributed by atoms with Crippen molar-refractivity contribution < 1.29 is 0 Å². The largest absolute Gasteiger partial charge is 0.309 e. The molecule has 0 bridgehead atoms. The molecule has 0 saturated carbocycles. The molecular weight excluding hydrogens is 669 g/mol. The highest BCUT2D eigenvalue weighted by molar-refractivity contribution is 6.26. The third-order valence-corrected chi connectivity index (χ3v) is 10.8. The Bertz CT molecular complexity index is 3180. The van der Waals surface area contributed by atoms with Crippen LogP contribution in [0.5, 0.6) is 0 Å². The van der Waals surface area contributed by atoms with Crippen molar-refractivity contribution in [1.82, 2.24) is 19.5 Å². The zero-order valence-corrected chi connectivity index (χ0v) is 29.8. The first-order chi connectivity index (χ1) is 27.3. The molecule has 0 aliphatic heterocycles. The average Bonchev–Trinajstić information content (AvgIpc) is 3.61. The lowest BCUT2D eigenvalue weighted by Crippen LogP contribution is -2.00. The number of para-hydroxylation sites is 3. The molecule has 4 heteroatoms. The zero-order valence-electron chi connectivity index (χ0n) is 29.8. The quantitative estimate of drug-likeness (QED) is 0.168. The molecule has 4 nitrogen and oxygen atoms in total. The van der Waals surface area contributed by atoms with Crippen molar-refractivity contribution in [2.45, 2.75) is 0 Å². The molecule has 11 aromatic rings. The summed E-state index contributed by atoms with van der Waals surface area (Å²) in [5, 5.41) is 9.70. The molecule has 0 atom stereocenters. The first-order valence-electron chi connectivity index (χ1n) is 18.6. The molecule has 0 N–H and O–H groups in total. The Morgan fingerprint density at radius 2 is 0.745 bits per heavy atom. The molecule has 0 spiro atoms. The average molecular weight is 701 g/mol. The van der Waals surface area contributed by atoms with Crippen LogP contribution < -0.4 is 0 Å². The maximum absolute atomic E-state index is 5.06. The Kier molecular flexibility index (Phi) is 7.14. The standard InChI is InChI=1S/C51H32N4/c1-4-15-33(16-5-1)49-52-50(34-17-6-2-7-18-34)54-51(53-49)36-28-30-41-39-21-10-11-22-40(39)45-31-35(27-29-42(45)46(41)32-36)38-24-14-25-44-43-23-12-13-26-47(43)55(48(38)44)37-19-8-3-9-20-37/h1-32H. The van der Waals surface area contributed by atoms with Crippen LogP contribution in [-0.4, -0.2) is 19.5 Å². The summed E-state index contributed by atoms with van der Waals surface area (Å²) in [6.07, 6.45) is 0. The monoisotopic (exact) mass is 700 g/mol. The van der Waals surface area contributed by atoms with Gasteiger partial charge in [-0.1, -0.05) is 164 Å². The molecular formula is C51H32N4. The second kappa shape index (κ2) is 12.6. The van der Waals surface area contributed by atoms with Crippen LogP contribution in [-0.2, 0) is 0 Å². The van der Waals surface area contributed by atoms with Gasteiger partial charge in [-0.15, -0.1) is 0 Å². The summed E-state index contributed by atoms with van der Waals surface area (Å²) in [6.45, 7) is 0. The van der Waals surface area contributed by atoms with E-state index in [1.807, 2.05) is 60.7 Å². The minimum Gasteiger partial charge on any atom is -0.309 e. The van der Waals surface area contributed by atoms with Crippen LogP contribution in [0.1, 0.15) is 0 Å². The Morgan fingerprint density at radius 3 is 1.40 bits per heavy atom. The molecule has 2 heterocycles. The summed E-state index contributed by atoms with van der Waals surface area (Å²) < 4.78 is 2.41. The molecule has 11 rings (SSSR count). The topological polar surface area (TPSA) is 43.6 Å². The fraction of sp³-hybridized carbons (Fsp3) is 0. The number of nitrogens with zero attached hydrogens (tertiary/aromatic N) is 4. The fourth-order valence-electron chi connectivity index (χ4n) is 8.30. The Morgan fingerprint density at radius 1 is 0.291 bits per heavy atom. The normalized spacial score (nSPS) is 11.6. The molecule has 0 aliphatic carbocycles. The van der Waals surface area contributed by atoms with Gasteiger partial charge < -0.3 is 4.57 Å². The molecule has 256 valence electrons. The summed E-state index contributed by atoms with van der Waals surface area (Å²) in [5.41, 5.74) is 8.78. The van der Waals surface area contributed by atoms with Gasteiger partial charge in [-0.2, -0.15) is 0 Å². The van der Waals surface area contributed by atoms with E-state index in [4.69, 9.17) is 15.0 Å². The molecule has 2 aromatic heterocycles. The number of fused-ring (bicyclic) bond motifs is 9. The third kappa shape index (κ3) is 5.11. The summed E-state index contributed by atoms with van der Waals surface area (Å²) in [5.74, 6) is 1.95. The summed E-state index contributed by atoms with van der Waals surface area (Å²) in [7, 11) is 0. The van der Waals surface area contributed by atoms with Gasteiger partial charge in [0.05, 0.1) is 11.0 Å². The van der Waals surface area contributed by atoms with Crippen molar-refractivity contribution in [2.24, 2.45) is 0 Å². The van der Waals surface area contributed by atoms with E-state index < -0.39 is 0 Å². The van der Waals surface area contributed by atoms with Crippen molar-refractivity contribution in [1.29, 1.82) is 0 Å². The summed E-state index contributed by atoms with van der Waals surface area (Å²) in [6, 6.07) is 68.8. The summed E-state index contributed by atoms with van der Waals surface area (Å²) in [4.78, 5) is 15.0. The fourth-order valence-corrected chi connectivity index (χ4v) is 8.30. The van der Waals surface area contributed by atoms with Crippen molar-refractivity contribution in [3.8, 4) is 51.0 Å². The number of aromatic nitrogens is 4. The van der Waals surface area contributed by atoms with Crippen LogP contribution >= 0.6 is 0 Å². The number of rotatable bonds is 5. The highest BCUT2D eigenvalue weighted by Crippen LogP contribution is 2.42. The number of hydrogen-bond acceptors (Lipinski definition) is 3. The molecule has 0 aliphatic rings. The van der Waals surface area contributed by atoms with Gasteiger partial charge in [0.15, 0.2) is 17.5 Å². The molecule has 0 radical (unpaired) electrons. The maximum atomic E-state index is 5.06. The molecule has 0 saturated heterocycles. The van der Waals surface area contributed by atoms with Crippen LogP contribution in [0.25, 0.3) is 105 Å². The van der Waals surface area contributed by atoms with Gasteiger partial charge in [0.1, 0.15) is 0 Å². The lowest BCUT2D eigenvalue weighted by molar-refractivity contribution is 1.07. The van der Waals surface area contributed by atoms with Gasteiger partial charge in [0.25, 0.3) is 0 Å². The Hall–Kier alpha value is -7.43. The van der Waals surface area contributed by atoms with Gasteiger partial charge in [-0.25, -0.2) is 15.0 Å². The van der Waals surface area contributed by atoms with E-state index in [9.17, 15) is 0 Å². The molecule has 0 amide bonds. The van der Waals surface area contributed by atoms with Crippen molar-refractivity contribution >= 4 is 54.1 Å². The van der Waals surface area contributed by atoms with E-state index in [2.05, 4.69) is 138 Å². The van der Waals surface area contributed by atoms with E-state index in [0.717, 1.165) is 27.8 Å². The molecule has 0 fully saturated rings. The van der Waals surface area contributed by atoms with Gasteiger partial charge >= 0.3 is 0 Å². The van der Waals surface area contributed by atoms with Crippen molar-refractivity contribution in [3.05, 3.63) is 194 Å². The van der Waals surface area contributed by atoms with Gasteiger partial charge in [-0.3, -0.25) is 0 Å². The lowest BCUT2D eigenvalue weighted by Gasteiger charge is -2.15. The van der Waals surface area contributed by atoms with E-state index in [0.29, 0.717) is 17.5 Å². The van der Waals surface area contributed by atoms with E-state index in [1.54, 1.807) is 0 Å². The predicted octanol–water partition coefficient (Wildman–Crippen LogP) is 13.1. The zero-order chi connectivity index (χ0) is 36.3. The van der Waals surface area contributed by atoms with Crippen LogP contribution in [0, 0.1) is 0 Å². The van der Waals surface area contributed by atoms with E-state index in [-0.39, 0.29) is 0 Å². The van der Waals surface area contributed by atoms with Gasteiger partial charge in [0, 0.05) is 38.7 Å². The van der Waals surface area contributed by atoms with E-state index >= 15 is 0 Å². The minimum absolute atomic E-state index is 0.646. The maximum Gasteiger partial charge on any atom is 0.164 e. The summed E-state index contributed by atoms with van der Waals surface area (Å²) >= 11 is 0. The first-order valence-corrected chi connectivity index (χ1v) is 18.6. The first kappa shape index (κ1) is 31.1. The van der Waals surface area contributed by atoms with Gasteiger partial charge in [0.2, 0.25) is 0 Å². The highest BCUT2D eigenvalue weighted by atomic mass is 15.0. The Labute approximate surface area is 317 Å². The SMILES string of the molecule is c1ccc(-c2nc(-c3ccccc3)nc(-c3ccc4c5ccccc5c5cc(-c6cccc7c8ccccc8n(-c8ccccc8)c67)ccc5c4c3)n2)cc1. The molecule has 0 unspecified atom stereocenters. The van der Waals surface area contributed by atoms with Gasteiger partial charge in [-0.05, 0) is 68.2 Å². The van der Waals surface area contributed by atoms with Crippen molar-refractivity contribution in [2.75, 3.05) is 0 Å². The second-order valence-electron chi connectivity index (χ2n) is 14.0. The van der Waals surface area contributed by atoms with Crippen LogP contribution in [0.3, 0.4) is 0 Å². The van der Waals surface area contributed by atoms with Crippen LogP contribution in [0.15, 0.2) is 194 Å². The van der Waals surface area contributed by atoms with E-state index in [1.165, 1.54) is 59.9 Å². The second-order valence-corrected chi connectivity index (χ2v) is 14.0. The van der Waals surface area contributed by atoms with Crippen LogP contribution in [0.4, 0.5) is 0 Å². The molecule has 55 heavy (non-hydrogen) atoms. The third-order valence-electron chi connectivity index (χ3n) is 10.8. The lowest BCUT2D eigenvalue weighted by atomic mass is 9.91. The molecule has 9 aromatic carbocycles. The smallest absolute Gasteiger partial charge is 0.164 e. The van der Waals surface area contributed by atoms with Crippen molar-refractivity contribution in [3.63, 3.8) is 0 Å². The Balaban J connectivity index is 1.15. The highest BCUT2D eigenvalue weighted by Gasteiger charge is 2.19. The number of hydrogen-bond donors (Lipinski definition) is 0. The minimum atomic E-state index is 0.646.